The Hall–Kier alpha value is -2.02. The van der Waals surface area contributed by atoms with Crippen LogP contribution < -0.4 is 10.6 Å². The topological polar surface area (TPSA) is 78.4 Å². The van der Waals surface area contributed by atoms with E-state index in [2.05, 4.69) is 10.6 Å². The van der Waals surface area contributed by atoms with Gasteiger partial charge < -0.3 is 10.4 Å². The van der Waals surface area contributed by atoms with Crippen LogP contribution >= 0.6 is 0 Å². The molecule has 21 heavy (non-hydrogen) atoms. The standard InChI is InChI=1S/C14H18F2N2O3/c1-3-4-12(14(20)21)17-8(2)13(19)18-11-6-5-9(15)7-10(11)16/h5-8,12,17H,3-4H2,1-2H3,(H,18,19)(H,20,21). The van der Waals surface area contributed by atoms with Gasteiger partial charge in [0.15, 0.2) is 0 Å². The molecule has 7 heteroatoms. The van der Waals surface area contributed by atoms with Crippen LogP contribution in [0.2, 0.25) is 0 Å². The Morgan fingerprint density at radius 2 is 2.00 bits per heavy atom. The predicted octanol–water partition coefficient (Wildman–Crippen LogP) is 2.13. The second-order valence-electron chi connectivity index (χ2n) is 4.68. The molecular weight excluding hydrogens is 282 g/mol. The minimum atomic E-state index is -1.05. The number of hydrogen-bond acceptors (Lipinski definition) is 3. The molecule has 116 valence electrons. The summed E-state index contributed by atoms with van der Waals surface area (Å²) in [6.45, 7) is 3.30. The first-order chi connectivity index (χ1) is 9.85. The number of carbonyl (C=O) groups excluding carboxylic acids is 1. The number of benzene rings is 1. The number of carbonyl (C=O) groups is 2. The molecule has 0 heterocycles. The molecule has 5 nitrogen and oxygen atoms in total. The first kappa shape index (κ1) is 17.0. The number of rotatable bonds is 7. The molecule has 1 aromatic rings. The van der Waals surface area contributed by atoms with Crippen molar-refractivity contribution in [3.8, 4) is 0 Å². The van der Waals surface area contributed by atoms with Crippen molar-refractivity contribution in [2.75, 3.05) is 5.32 Å². The van der Waals surface area contributed by atoms with E-state index in [4.69, 9.17) is 5.11 Å². The number of carboxylic acid groups (broad SMARTS) is 1. The summed E-state index contributed by atoms with van der Waals surface area (Å²) in [5, 5.41) is 14.0. The van der Waals surface area contributed by atoms with Crippen LogP contribution in [0.15, 0.2) is 18.2 Å². The van der Waals surface area contributed by atoms with Crippen molar-refractivity contribution in [3.63, 3.8) is 0 Å². The summed E-state index contributed by atoms with van der Waals surface area (Å²) in [5.41, 5.74) is -0.155. The fourth-order valence-corrected chi connectivity index (χ4v) is 1.78. The number of carboxylic acids is 1. The maximum Gasteiger partial charge on any atom is 0.320 e. The third-order valence-electron chi connectivity index (χ3n) is 2.91. The van der Waals surface area contributed by atoms with E-state index in [1.165, 1.54) is 6.92 Å². The van der Waals surface area contributed by atoms with Gasteiger partial charge in [0.1, 0.15) is 17.7 Å². The second kappa shape index (κ2) is 7.68. The quantitative estimate of drug-likeness (QED) is 0.721. The zero-order valence-corrected chi connectivity index (χ0v) is 11.8. The Morgan fingerprint density at radius 1 is 1.33 bits per heavy atom. The lowest BCUT2D eigenvalue weighted by atomic mass is 10.1. The molecule has 0 saturated heterocycles. The Labute approximate surface area is 121 Å². The van der Waals surface area contributed by atoms with Gasteiger partial charge in [-0.05, 0) is 25.5 Å². The zero-order chi connectivity index (χ0) is 16.0. The zero-order valence-electron chi connectivity index (χ0n) is 11.8. The van der Waals surface area contributed by atoms with Crippen molar-refractivity contribution in [1.29, 1.82) is 0 Å². The highest BCUT2D eigenvalue weighted by atomic mass is 19.1. The molecule has 0 spiro atoms. The predicted molar refractivity (Wildman–Crippen MR) is 73.9 cm³/mol. The van der Waals surface area contributed by atoms with Crippen LogP contribution in [0, 0.1) is 11.6 Å². The Morgan fingerprint density at radius 3 is 2.52 bits per heavy atom. The van der Waals surface area contributed by atoms with Gasteiger partial charge in [0.2, 0.25) is 5.91 Å². The average molecular weight is 300 g/mol. The van der Waals surface area contributed by atoms with E-state index in [0.717, 1.165) is 12.1 Å². The molecule has 1 amide bonds. The molecule has 2 atom stereocenters. The molecule has 3 N–H and O–H groups in total. The molecule has 0 aliphatic rings. The third-order valence-corrected chi connectivity index (χ3v) is 2.91. The molecule has 1 aromatic carbocycles. The molecule has 2 unspecified atom stereocenters. The van der Waals surface area contributed by atoms with E-state index >= 15 is 0 Å². The summed E-state index contributed by atoms with van der Waals surface area (Å²) in [5.74, 6) is -3.28. The van der Waals surface area contributed by atoms with Crippen molar-refractivity contribution in [2.24, 2.45) is 0 Å². The summed E-state index contributed by atoms with van der Waals surface area (Å²) in [6, 6.07) is 1.10. The lowest BCUT2D eigenvalue weighted by Gasteiger charge is -2.19. The lowest BCUT2D eigenvalue weighted by Crippen LogP contribution is -2.47. The molecule has 0 saturated carbocycles. The van der Waals surface area contributed by atoms with Crippen molar-refractivity contribution >= 4 is 17.6 Å². The maximum absolute atomic E-state index is 13.4. The number of anilines is 1. The van der Waals surface area contributed by atoms with Crippen LogP contribution in [0.3, 0.4) is 0 Å². The Kier molecular flexibility index (Phi) is 6.23. The van der Waals surface area contributed by atoms with Crippen molar-refractivity contribution in [3.05, 3.63) is 29.8 Å². The number of nitrogens with one attached hydrogen (secondary N) is 2. The first-order valence-corrected chi connectivity index (χ1v) is 6.60. The van der Waals surface area contributed by atoms with E-state index in [1.54, 1.807) is 0 Å². The maximum atomic E-state index is 13.4. The van der Waals surface area contributed by atoms with Gasteiger partial charge in [-0.2, -0.15) is 0 Å². The summed E-state index contributed by atoms with van der Waals surface area (Å²) >= 11 is 0. The molecule has 0 radical (unpaired) electrons. The van der Waals surface area contributed by atoms with Gasteiger partial charge in [0.25, 0.3) is 0 Å². The van der Waals surface area contributed by atoms with Gasteiger partial charge >= 0.3 is 5.97 Å². The van der Waals surface area contributed by atoms with Crippen LogP contribution in [0.25, 0.3) is 0 Å². The van der Waals surface area contributed by atoms with E-state index in [0.29, 0.717) is 18.9 Å². The average Bonchev–Trinajstić information content (AvgIpc) is 2.41. The molecular formula is C14H18F2N2O3. The Bertz CT molecular complexity index is 523. The highest BCUT2D eigenvalue weighted by Gasteiger charge is 2.22. The normalized spacial score (nSPS) is 13.5. The minimum absolute atomic E-state index is 0.155. The van der Waals surface area contributed by atoms with Gasteiger partial charge in [-0.3, -0.25) is 14.9 Å². The Balaban J connectivity index is 2.67. The summed E-state index contributed by atoms with van der Waals surface area (Å²) in [7, 11) is 0. The van der Waals surface area contributed by atoms with Crippen molar-refractivity contribution < 1.29 is 23.5 Å². The lowest BCUT2D eigenvalue weighted by molar-refractivity contribution is -0.140. The smallest absolute Gasteiger partial charge is 0.320 e. The number of amides is 1. The molecule has 0 bridgehead atoms. The SMILES string of the molecule is CCCC(NC(C)C(=O)Nc1ccc(F)cc1F)C(=O)O. The fourth-order valence-electron chi connectivity index (χ4n) is 1.78. The monoisotopic (exact) mass is 300 g/mol. The molecule has 1 rings (SSSR count). The van der Waals surface area contributed by atoms with Gasteiger partial charge in [0.05, 0.1) is 11.7 Å². The van der Waals surface area contributed by atoms with E-state index in [-0.39, 0.29) is 5.69 Å². The highest BCUT2D eigenvalue weighted by Crippen LogP contribution is 2.15. The molecule has 0 fully saturated rings. The van der Waals surface area contributed by atoms with Crippen LogP contribution in [0.1, 0.15) is 26.7 Å². The van der Waals surface area contributed by atoms with Crippen molar-refractivity contribution in [1.82, 2.24) is 5.32 Å². The summed E-state index contributed by atoms with van der Waals surface area (Å²) < 4.78 is 26.2. The molecule has 0 aliphatic carbocycles. The van der Waals surface area contributed by atoms with Crippen LogP contribution in [-0.4, -0.2) is 29.1 Å². The van der Waals surface area contributed by atoms with Gasteiger partial charge in [-0.1, -0.05) is 13.3 Å². The third kappa shape index (κ3) is 5.11. The number of hydrogen-bond donors (Lipinski definition) is 3. The molecule has 0 aliphatic heterocycles. The van der Waals surface area contributed by atoms with E-state index < -0.39 is 35.6 Å². The van der Waals surface area contributed by atoms with E-state index in [1.807, 2.05) is 6.92 Å². The van der Waals surface area contributed by atoms with Crippen LogP contribution in [0.5, 0.6) is 0 Å². The molecule has 0 aromatic heterocycles. The van der Waals surface area contributed by atoms with Gasteiger partial charge in [0, 0.05) is 6.07 Å². The number of halogens is 2. The first-order valence-electron chi connectivity index (χ1n) is 6.60. The van der Waals surface area contributed by atoms with E-state index in [9.17, 15) is 18.4 Å². The summed E-state index contributed by atoms with van der Waals surface area (Å²) in [6.07, 6.45) is 1.02. The number of aliphatic carboxylic acids is 1. The van der Waals surface area contributed by atoms with Gasteiger partial charge in [-0.25, -0.2) is 8.78 Å². The fraction of sp³-hybridized carbons (Fsp3) is 0.429. The second-order valence-corrected chi connectivity index (χ2v) is 4.68. The largest absolute Gasteiger partial charge is 0.480 e. The minimum Gasteiger partial charge on any atom is -0.480 e. The van der Waals surface area contributed by atoms with Gasteiger partial charge in [-0.15, -0.1) is 0 Å². The van der Waals surface area contributed by atoms with Crippen molar-refractivity contribution in [2.45, 2.75) is 38.8 Å². The van der Waals surface area contributed by atoms with Crippen LogP contribution in [0.4, 0.5) is 14.5 Å². The summed E-state index contributed by atoms with van der Waals surface area (Å²) in [4.78, 5) is 22.9. The van der Waals surface area contributed by atoms with Crippen LogP contribution in [-0.2, 0) is 9.59 Å². The highest BCUT2D eigenvalue weighted by molar-refractivity contribution is 5.95.